The number of anilines is 1. The number of fused-ring (bicyclic) bond motifs is 1. The molecule has 3 aromatic rings. The third kappa shape index (κ3) is 2.89. The zero-order chi connectivity index (χ0) is 15.5. The Kier molecular flexibility index (Phi) is 3.96. The van der Waals surface area contributed by atoms with E-state index in [1.807, 2.05) is 26.0 Å². The van der Waals surface area contributed by atoms with Crippen LogP contribution in [0.4, 0.5) is 10.5 Å². The summed E-state index contributed by atoms with van der Waals surface area (Å²) < 4.78 is 13.7. The number of hydrogen-bond acceptors (Lipinski definition) is 7. The number of rotatable bonds is 4. The summed E-state index contributed by atoms with van der Waals surface area (Å²) >= 11 is 1.11. The molecule has 3 rings (SSSR count). The third-order valence-corrected chi connectivity index (χ3v) is 3.63. The molecule has 0 aliphatic heterocycles. The molecule has 0 bridgehead atoms. The molecule has 22 heavy (non-hydrogen) atoms. The fourth-order valence-electron chi connectivity index (χ4n) is 1.93. The molecule has 2 aromatic heterocycles. The van der Waals surface area contributed by atoms with Gasteiger partial charge in [0.25, 0.3) is 0 Å². The fourth-order valence-corrected chi connectivity index (χ4v) is 2.47. The monoisotopic (exact) mass is 318 g/mol. The molecule has 0 unspecified atom stereocenters. The molecule has 0 aliphatic rings. The van der Waals surface area contributed by atoms with Gasteiger partial charge in [-0.1, -0.05) is 13.0 Å². The van der Waals surface area contributed by atoms with Gasteiger partial charge < -0.3 is 15.1 Å². The summed E-state index contributed by atoms with van der Waals surface area (Å²) in [7, 11) is 0. The zero-order valence-electron chi connectivity index (χ0n) is 12.1. The van der Waals surface area contributed by atoms with Gasteiger partial charge in [0.15, 0.2) is 0 Å². The van der Waals surface area contributed by atoms with Crippen LogP contribution in [0, 0.1) is 6.92 Å². The van der Waals surface area contributed by atoms with E-state index in [0.29, 0.717) is 29.4 Å². The molecule has 2 heterocycles. The Labute approximate surface area is 130 Å². The van der Waals surface area contributed by atoms with E-state index in [1.165, 1.54) is 0 Å². The number of benzene rings is 1. The van der Waals surface area contributed by atoms with Crippen LogP contribution in [0.5, 0.6) is 0 Å². The first-order chi connectivity index (χ1) is 10.7. The van der Waals surface area contributed by atoms with Gasteiger partial charge in [0.2, 0.25) is 11.8 Å². The van der Waals surface area contributed by atoms with Crippen LogP contribution in [-0.2, 0) is 13.0 Å². The Morgan fingerprint density at radius 2 is 2.09 bits per heavy atom. The van der Waals surface area contributed by atoms with Crippen LogP contribution in [0.3, 0.4) is 0 Å². The number of hydrogen-bond donors (Lipinski definition) is 2. The molecule has 2 N–H and O–H groups in total. The quantitative estimate of drug-likeness (QED) is 0.764. The van der Waals surface area contributed by atoms with E-state index in [0.717, 1.165) is 22.8 Å². The molecule has 2 amide bonds. The van der Waals surface area contributed by atoms with Crippen LogP contribution in [0.2, 0.25) is 0 Å². The van der Waals surface area contributed by atoms with Gasteiger partial charge in [-0.3, -0.25) is 0 Å². The van der Waals surface area contributed by atoms with E-state index in [9.17, 15) is 4.79 Å². The number of carbonyl (C=O) groups is 1. The van der Waals surface area contributed by atoms with Crippen LogP contribution >= 0.6 is 11.7 Å². The molecule has 114 valence electrons. The largest absolute Gasteiger partial charge is 0.423 e. The number of carbonyl (C=O) groups excluding carboxylic acids is 1. The second-order valence-corrected chi connectivity index (χ2v) is 5.17. The molecular weight excluding hydrogens is 304 g/mol. The predicted molar refractivity (Wildman–Crippen MR) is 81.7 cm³/mol. The van der Waals surface area contributed by atoms with E-state index in [2.05, 4.69) is 29.6 Å². The van der Waals surface area contributed by atoms with E-state index in [1.54, 1.807) is 0 Å². The first-order valence-corrected chi connectivity index (χ1v) is 7.48. The predicted octanol–water partition coefficient (Wildman–Crippen LogP) is 2.27. The number of aromatic nitrogens is 4. The van der Waals surface area contributed by atoms with Gasteiger partial charge in [-0.2, -0.15) is 8.75 Å². The lowest BCUT2D eigenvalue weighted by Crippen LogP contribution is -2.28. The molecule has 0 atom stereocenters. The van der Waals surface area contributed by atoms with Gasteiger partial charge in [0.05, 0.1) is 24.0 Å². The topological polar surface area (TPSA) is 106 Å². The van der Waals surface area contributed by atoms with Gasteiger partial charge in [-0.25, -0.2) is 4.79 Å². The molecule has 0 saturated carbocycles. The van der Waals surface area contributed by atoms with Crippen molar-refractivity contribution in [2.24, 2.45) is 0 Å². The summed E-state index contributed by atoms with van der Waals surface area (Å²) in [5, 5.41) is 13.2. The highest BCUT2D eigenvalue weighted by atomic mass is 32.1. The van der Waals surface area contributed by atoms with E-state index >= 15 is 0 Å². The summed E-state index contributed by atoms with van der Waals surface area (Å²) in [4.78, 5) is 12.0. The number of nitrogens with zero attached hydrogens (tertiary/aromatic N) is 4. The number of amides is 2. The van der Waals surface area contributed by atoms with Crippen molar-refractivity contribution in [2.45, 2.75) is 26.8 Å². The van der Waals surface area contributed by atoms with Gasteiger partial charge in [-0.15, -0.1) is 10.2 Å². The number of nitrogens with one attached hydrogen (secondary N) is 2. The highest BCUT2D eigenvalue weighted by Gasteiger charge is 2.12. The SMILES string of the molecule is CCc1nnc(CNC(=O)Nc2c(C)ccc3nsnc23)o1. The van der Waals surface area contributed by atoms with E-state index < -0.39 is 0 Å². The van der Waals surface area contributed by atoms with Gasteiger partial charge in [-0.05, 0) is 18.6 Å². The van der Waals surface area contributed by atoms with Gasteiger partial charge in [0, 0.05) is 6.42 Å². The minimum atomic E-state index is -0.361. The lowest BCUT2D eigenvalue weighted by Gasteiger charge is -2.09. The molecule has 0 radical (unpaired) electrons. The fraction of sp³-hybridized carbons (Fsp3) is 0.308. The maximum Gasteiger partial charge on any atom is 0.319 e. The van der Waals surface area contributed by atoms with Gasteiger partial charge >= 0.3 is 6.03 Å². The van der Waals surface area contributed by atoms with Gasteiger partial charge in [0.1, 0.15) is 11.0 Å². The highest BCUT2D eigenvalue weighted by molar-refractivity contribution is 7.00. The Balaban J connectivity index is 1.68. The van der Waals surface area contributed by atoms with Crippen molar-refractivity contribution in [3.05, 3.63) is 29.5 Å². The van der Waals surface area contributed by atoms with Crippen LogP contribution < -0.4 is 10.6 Å². The molecule has 0 saturated heterocycles. The second-order valence-electron chi connectivity index (χ2n) is 4.64. The summed E-state index contributed by atoms with van der Waals surface area (Å²) in [6, 6.07) is 3.41. The standard InChI is InChI=1S/C13H14N6O2S/c1-3-9-16-17-10(21-9)6-14-13(20)15-11-7(2)4-5-8-12(11)19-22-18-8/h4-5H,3,6H2,1-2H3,(H2,14,15,20). The van der Waals surface area contributed by atoms with Crippen molar-refractivity contribution in [1.29, 1.82) is 0 Å². The first kappa shape index (κ1) is 14.4. The normalized spacial score (nSPS) is 10.8. The lowest BCUT2D eigenvalue weighted by atomic mass is 10.1. The van der Waals surface area contributed by atoms with Crippen LogP contribution in [-0.4, -0.2) is 25.0 Å². The summed E-state index contributed by atoms with van der Waals surface area (Å²) in [5.41, 5.74) is 3.02. The first-order valence-electron chi connectivity index (χ1n) is 6.75. The highest BCUT2D eigenvalue weighted by Crippen LogP contribution is 2.25. The Morgan fingerprint density at radius 1 is 1.27 bits per heavy atom. The van der Waals surface area contributed by atoms with E-state index in [-0.39, 0.29) is 12.6 Å². The smallest absolute Gasteiger partial charge is 0.319 e. The summed E-state index contributed by atoms with van der Waals surface area (Å²) in [5.74, 6) is 0.920. The van der Waals surface area contributed by atoms with Crippen LogP contribution in [0.25, 0.3) is 11.0 Å². The van der Waals surface area contributed by atoms with Crippen LogP contribution in [0.1, 0.15) is 24.3 Å². The average molecular weight is 318 g/mol. The average Bonchev–Trinajstić information content (AvgIpc) is 3.16. The molecule has 8 nitrogen and oxygen atoms in total. The molecule has 0 spiro atoms. The molecule has 0 aliphatic carbocycles. The molecule has 9 heteroatoms. The number of aryl methyl sites for hydroxylation is 2. The van der Waals surface area contributed by atoms with Crippen molar-refractivity contribution in [3.63, 3.8) is 0 Å². The van der Waals surface area contributed by atoms with Crippen molar-refractivity contribution >= 4 is 34.5 Å². The Morgan fingerprint density at radius 3 is 2.86 bits per heavy atom. The van der Waals surface area contributed by atoms with Crippen molar-refractivity contribution in [3.8, 4) is 0 Å². The lowest BCUT2D eigenvalue weighted by molar-refractivity contribution is 0.250. The minimum Gasteiger partial charge on any atom is -0.423 e. The van der Waals surface area contributed by atoms with Crippen LogP contribution in [0.15, 0.2) is 16.5 Å². The van der Waals surface area contributed by atoms with E-state index in [4.69, 9.17) is 4.42 Å². The summed E-state index contributed by atoms with van der Waals surface area (Å²) in [6.07, 6.45) is 0.664. The molecule has 0 fully saturated rings. The molecule has 1 aromatic carbocycles. The number of urea groups is 1. The van der Waals surface area contributed by atoms with Crippen molar-refractivity contribution in [1.82, 2.24) is 24.3 Å². The maximum absolute atomic E-state index is 12.0. The summed E-state index contributed by atoms with van der Waals surface area (Å²) in [6.45, 7) is 3.99. The Hall–Kier alpha value is -2.55. The third-order valence-electron chi connectivity index (χ3n) is 3.09. The van der Waals surface area contributed by atoms with Crippen molar-refractivity contribution in [2.75, 3.05) is 5.32 Å². The Bertz CT molecular complexity index is 812. The molecular formula is C13H14N6O2S. The zero-order valence-corrected chi connectivity index (χ0v) is 12.9. The van der Waals surface area contributed by atoms with Crippen molar-refractivity contribution < 1.29 is 9.21 Å². The second kappa shape index (κ2) is 6.06. The minimum absolute atomic E-state index is 0.170. The maximum atomic E-state index is 12.0.